The Bertz CT molecular complexity index is 2460. The van der Waals surface area contributed by atoms with Gasteiger partial charge in [0.05, 0.1) is 22.8 Å². The Morgan fingerprint density at radius 2 is 1.24 bits per heavy atom. The smallest absolute Gasteiger partial charge is 0.0826 e. The highest BCUT2D eigenvalue weighted by molar-refractivity contribution is 8.02. The molecule has 4 nitrogen and oxygen atoms in total. The highest BCUT2D eigenvalue weighted by Gasteiger charge is 2.20. The molecule has 0 atom stereocenters. The molecular weight excluding hydrogens is 601 g/mol. The molecule has 0 amide bonds. The Labute approximate surface area is 274 Å². The molecule has 0 unspecified atom stereocenters. The van der Waals surface area contributed by atoms with Gasteiger partial charge in [-0.15, -0.1) is 23.1 Å². The van der Waals surface area contributed by atoms with Crippen LogP contribution in [0.1, 0.15) is 5.56 Å². The fraction of sp³-hybridized carbons (Fsp3) is 0.0250. The fourth-order valence-electron chi connectivity index (χ4n) is 6.70. The monoisotopic (exact) mass is 626 g/mol. The molecule has 4 heterocycles. The van der Waals surface area contributed by atoms with Gasteiger partial charge in [-0.05, 0) is 78.2 Å². The zero-order valence-corrected chi connectivity index (χ0v) is 26.3. The van der Waals surface area contributed by atoms with Gasteiger partial charge in [-0.2, -0.15) is 0 Å². The summed E-state index contributed by atoms with van der Waals surface area (Å²) in [7, 11) is 0. The molecule has 1 aliphatic heterocycles. The number of nitrogens with zero attached hydrogens (tertiary/aromatic N) is 3. The van der Waals surface area contributed by atoms with Crippen molar-refractivity contribution in [3.05, 3.63) is 144 Å². The van der Waals surface area contributed by atoms with Gasteiger partial charge < -0.3 is 5.32 Å². The van der Waals surface area contributed by atoms with E-state index < -0.39 is 0 Å². The maximum Gasteiger partial charge on any atom is 0.0826 e. The number of hydrogen-bond donors (Lipinski definition) is 1. The average molecular weight is 627 g/mol. The molecule has 0 bridgehead atoms. The van der Waals surface area contributed by atoms with E-state index in [1.807, 2.05) is 30.3 Å². The quantitative estimate of drug-likeness (QED) is 0.193. The lowest BCUT2D eigenvalue weighted by molar-refractivity contribution is 1.10. The molecule has 8 aromatic rings. The number of pyridine rings is 2. The number of thiazole rings is 1. The lowest BCUT2D eigenvalue weighted by Crippen LogP contribution is -2.05. The van der Waals surface area contributed by atoms with Crippen LogP contribution in [-0.2, 0) is 0 Å². The molecule has 1 aliphatic rings. The van der Waals surface area contributed by atoms with Crippen LogP contribution in [0.4, 0.5) is 0 Å². The lowest BCUT2D eigenvalue weighted by atomic mass is 9.84. The Kier molecular flexibility index (Phi) is 6.61. The van der Waals surface area contributed by atoms with Gasteiger partial charge in [0.1, 0.15) is 0 Å². The van der Waals surface area contributed by atoms with Crippen LogP contribution in [0, 0.1) is 0 Å². The molecule has 0 saturated carbocycles. The number of thioether (sulfide) groups is 1. The molecule has 5 aromatic carbocycles. The molecule has 0 spiro atoms. The van der Waals surface area contributed by atoms with Gasteiger partial charge in [0.25, 0.3) is 0 Å². The van der Waals surface area contributed by atoms with E-state index in [0.29, 0.717) is 0 Å². The molecule has 218 valence electrons. The van der Waals surface area contributed by atoms with Crippen LogP contribution < -0.4 is 5.32 Å². The third-order valence-corrected chi connectivity index (χ3v) is 10.1. The van der Waals surface area contributed by atoms with Gasteiger partial charge >= 0.3 is 0 Å². The van der Waals surface area contributed by atoms with Crippen LogP contribution in [0.3, 0.4) is 0 Å². The number of nitrogens with one attached hydrogen (secondary N) is 1. The third-order valence-electron chi connectivity index (χ3n) is 8.76. The molecule has 0 radical (unpaired) electrons. The van der Waals surface area contributed by atoms with Crippen molar-refractivity contribution in [1.82, 2.24) is 20.3 Å². The van der Waals surface area contributed by atoms with Crippen molar-refractivity contribution in [3.8, 4) is 44.6 Å². The molecule has 3 aromatic heterocycles. The topological polar surface area (TPSA) is 50.7 Å². The summed E-state index contributed by atoms with van der Waals surface area (Å²) < 4.78 is 0. The summed E-state index contributed by atoms with van der Waals surface area (Å²) in [5.74, 6) is 0.880. The molecular formula is C40H26N4S2. The molecule has 0 fully saturated rings. The van der Waals surface area contributed by atoms with E-state index in [9.17, 15) is 0 Å². The molecule has 0 aliphatic carbocycles. The first-order valence-electron chi connectivity index (χ1n) is 15.1. The summed E-state index contributed by atoms with van der Waals surface area (Å²) in [6.07, 6.45) is 7.83. The predicted octanol–water partition coefficient (Wildman–Crippen LogP) is 10.7. The zero-order valence-electron chi connectivity index (χ0n) is 24.6. The molecule has 46 heavy (non-hydrogen) atoms. The molecule has 0 saturated heterocycles. The van der Waals surface area contributed by atoms with Crippen molar-refractivity contribution in [1.29, 1.82) is 0 Å². The van der Waals surface area contributed by atoms with Crippen LogP contribution in [0.2, 0.25) is 0 Å². The van der Waals surface area contributed by atoms with Crippen molar-refractivity contribution in [3.63, 3.8) is 0 Å². The van der Waals surface area contributed by atoms with E-state index in [0.717, 1.165) is 39.5 Å². The number of hydrogen-bond acceptors (Lipinski definition) is 6. The number of aromatic nitrogens is 3. The van der Waals surface area contributed by atoms with E-state index in [4.69, 9.17) is 9.97 Å². The number of fused-ring (bicyclic) bond motifs is 3. The van der Waals surface area contributed by atoms with Crippen LogP contribution in [-0.4, -0.2) is 20.8 Å². The van der Waals surface area contributed by atoms with Gasteiger partial charge in [0.15, 0.2) is 0 Å². The number of benzene rings is 5. The first-order valence-corrected chi connectivity index (χ1v) is 17.1. The van der Waals surface area contributed by atoms with Gasteiger partial charge in [-0.25, -0.2) is 4.98 Å². The van der Waals surface area contributed by atoms with Crippen LogP contribution >= 0.6 is 23.1 Å². The summed E-state index contributed by atoms with van der Waals surface area (Å²) in [6, 6.07) is 35.3. The predicted molar refractivity (Wildman–Crippen MR) is 196 cm³/mol. The van der Waals surface area contributed by atoms with E-state index in [2.05, 4.69) is 118 Å². The van der Waals surface area contributed by atoms with Gasteiger partial charge in [0.2, 0.25) is 0 Å². The molecule has 9 rings (SSSR count). The van der Waals surface area contributed by atoms with Crippen molar-refractivity contribution >= 4 is 61.1 Å². The van der Waals surface area contributed by atoms with E-state index in [-0.39, 0.29) is 0 Å². The van der Waals surface area contributed by atoms with Crippen LogP contribution in [0.5, 0.6) is 0 Å². The minimum Gasteiger partial charge on any atom is -0.375 e. The van der Waals surface area contributed by atoms with Gasteiger partial charge in [-0.1, -0.05) is 78.9 Å². The third kappa shape index (κ3) is 4.57. The Morgan fingerprint density at radius 1 is 0.565 bits per heavy atom. The minimum atomic E-state index is 0.880. The summed E-state index contributed by atoms with van der Waals surface area (Å²) in [4.78, 5) is 14.0. The second-order valence-electron chi connectivity index (χ2n) is 11.4. The highest BCUT2D eigenvalue weighted by atomic mass is 32.2. The van der Waals surface area contributed by atoms with E-state index in [1.165, 1.54) is 54.6 Å². The second kappa shape index (κ2) is 11.2. The van der Waals surface area contributed by atoms with Crippen molar-refractivity contribution in [2.75, 3.05) is 5.88 Å². The largest absolute Gasteiger partial charge is 0.375 e. The molecule has 1 N–H and O–H groups in total. The Balaban J connectivity index is 1.37. The maximum atomic E-state index is 4.73. The van der Waals surface area contributed by atoms with Crippen molar-refractivity contribution in [2.24, 2.45) is 0 Å². The van der Waals surface area contributed by atoms with Crippen molar-refractivity contribution in [2.45, 2.75) is 0 Å². The van der Waals surface area contributed by atoms with Gasteiger partial charge in [0, 0.05) is 52.4 Å². The van der Waals surface area contributed by atoms with Crippen molar-refractivity contribution < 1.29 is 0 Å². The summed E-state index contributed by atoms with van der Waals surface area (Å²) in [6.45, 7) is 0. The molecule has 6 heteroatoms. The average Bonchev–Trinajstić information content (AvgIpc) is 3.86. The normalized spacial score (nSPS) is 12.9. The lowest BCUT2D eigenvalue weighted by Gasteiger charge is -2.19. The Hall–Kier alpha value is -5.30. The fourth-order valence-corrected chi connectivity index (χ4v) is 7.97. The Morgan fingerprint density at radius 3 is 2.00 bits per heavy atom. The zero-order chi connectivity index (χ0) is 30.5. The summed E-state index contributed by atoms with van der Waals surface area (Å²) in [5.41, 5.74) is 12.9. The van der Waals surface area contributed by atoms with Crippen LogP contribution in [0.15, 0.2) is 138 Å². The van der Waals surface area contributed by atoms with Gasteiger partial charge in [-0.3, -0.25) is 9.97 Å². The summed E-state index contributed by atoms with van der Waals surface area (Å²) in [5, 5.41) is 14.9. The SMILES string of the molecule is C1=C(c2cncc(-c3c4ccccc4c(-c4cncc(-c5cscn5)c4)c4cc(-c5cccc6ccccc56)ccc34)c2)NCS1. The highest BCUT2D eigenvalue weighted by Crippen LogP contribution is 2.46. The first kappa shape index (κ1) is 27.0. The van der Waals surface area contributed by atoms with E-state index in [1.54, 1.807) is 23.1 Å². The standard InChI is InChI=1S/C40H26N4S2/c1-2-8-31-25(6-1)7-5-11-32(31)26-12-13-35-36(16-26)40(30-15-28(18-42-20-30)38-22-46-24-44-38)34-10-4-3-9-33(34)39(35)29-14-27(17-41-19-29)37-21-45-23-43-37/h1-22,24,43H,23H2. The second-order valence-corrected chi connectivity index (χ2v) is 13.0. The van der Waals surface area contributed by atoms with E-state index >= 15 is 0 Å². The minimum absolute atomic E-state index is 0.880. The first-order chi connectivity index (χ1) is 22.8. The maximum absolute atomic E-state index is 4.73. The summed E-state index contributed by atoms with van der Waals surface area (Å²) >= 11 is 3.37. The number of rotatable bonds is 5. The van der Waals surface area contributed by atoms with Crippen LogP contribution in [0.25, 0.3) is 82.7 Å².